The number of nitrogens with zero attached hydrogens (tertiary/aromatic N) is 5. The second-order valence-corrected chi connectivity index (χ2v) is 6.20. The quantitative estimate of drug-likeness (QED) is 0.846. The fourth-order valence-corrected chi connectivity index (χ4v) is 3.27. The highest BCUT2D eigenvalue weighted by atomic mass is 32.2. The van der Waals surface area contributed by atoms with Crippen LogP contribution in [0.15, 0.2) is 46.9 Å². The third-order valence-corrected chi connectivity index (χ3v) is 4.34. The van der Waals surface area contributed by atoms with Crippen molar-refractivity contribution in [2.75, 3.05) is 11.9 Å². The zero-order chi connectivity index (χ0) is 17.8. The van der Waals surface area contributed by atoms with Crippen molar-refractivity contribution < 1.29 is 9.59 Å². The van der Waals surface area contributed by atoms with Gasteiger partial charge in [0.25, 0.3) is 5.91 Å². The summed E-state index contributed by atoms with van der Waals surface area (Å²) in [6.07, 6.45) is 4.74. The molecular formula is C16H16N6O2S. The molecule has 0 atom stereocenters. The van der Waals surface area contributed by atoms with E-state index in [2.05, 4.69) is 20.6 Å². The predicted octanol–water partition coefficient (Wildman–Crippen LogP) is 1.99. The fourth-order valence-electron chi connectivity index (χ4n) is 2.22. The summed E-state index contributed by atoms with van der Waals surface area (Å²) >= 11 is 1.30. The molecule has 2 heterocycles. The second kappa shape index (κ2) is 7.31. The zero-order valence-corrected chi connectivity index (χ0v) is 14.5. The van der Waals surface area contributed by atoms with E-state index in [9.17, 15) is 9.59 Å². The molecule has 2 amide bonds. The van der Waals surface area contributed by atoms with Gasteiger partial charge in [0.2, 0.25) is 5.91 Å². The maximum atomic E-state index is 12.6. The largest absolute Gasteiger partial charge is 0.326 e. The molecule has 1 aliphatic rings. The molecule has 0 aliphatic carbocycles. The van der Waals surface area contributed by atoms with Gasteiger partial charge in [-0.15, -0.1) is 15.3 Å². The molecule has 1 aromatic carbocycles. The summed E-state index contributed by atoms with van der Waals surface area (Å²) in [4.78, 5) is 25.8. The number of carbonyl (C=O) groups is 2. The Morgan fingerprint density at radius 2 is 1.96 bits per heavy atom. The van der Waals surface area contributed by atoms with Crippen molar-refractivity contribution in [3.8, 4) is 0 Å². The molecule has 2 aromatic rings. The number of likely N-dealkylation sites (N-methyl/N-ethyl adjacent to an activating group) is 1. The Bertz CT molecular complexity index is 842. The summed E-state index contributed by atoms with van der Waals surface area (Å²) in [5, 5.41) is 15.0. The number of thioether (sulfide) groups is 1. The molecule has 0 radical (unpaired) electrons. The number of hydrogen-bond donors (Lipinski definition) is 1. The van der Waals surface area contributed by atoms with Gasteiger partial charge in [-0.3, -0.25) is 14.5 Å². The second-order valence-electron chi connectivity index (χ2n) is 5.19. The van der Waals surface area contributed by atoms with Crippen LogP contribution in [-0.4, -0.2) is 43.3 Å². The van der Waals surface area contributed by atoms with E-state index < -0.39 is 0 Å². The molecule has 0 spiro atoms. The number of aromatic nitrogens is 3. The minimum absolute atomic E-state index is 0.0924. The molecule has 1 N–H and O–H groups in total. The van der Waals surface area contributed by atoms with Gasteiger partial charge in [-0.05, 0) is 42.5 Å². The molecule has 8 nitrogen and oxygen atoms in total. The first-order chi connectivity index (χ1) is 12.1. The highest BCUT2D eigenvalue weighted by molar-refractivity contribution is 8.18. The Kier molecular flexibility index (Phi) is 4.94. The van der Waals surface area contributed by atoms with E-state index in [1.165, 1.54) is 36.0 Å². The minimum Gasteiger partial charge on any atom is -0.326 e. The van der Waals surface area contributed by atoms with E-state index in [0.717, 1.165) is 5.56 Å². The van der Waals surface area contributed by atoms with Crippen molar-refractivity contribution in [1.29, 1.82) is 0 Å². The summed E-state index contributed by atoms with van der Waals surface area (Å²) in [5.41, 5.74) is 1.58. The molecule has 1 aromatic heterocycles. The SMILES string of the molecule is CCN1C(=O)/C(=C/c2ccc(NC(C)=O)cc2)SC1=Nn1cnnc1. The average molecular weight is 356 g/mol. The van der Waals surface area contributed by atoms with Crippen LogP contribution in [0.25, 0.3) is 6.08 Å². The standard InChI is InChI=1S/C16H16N6O2S/c1-3-22-15(24)14(25-16(22)20-21-9-17-18-10-21)8-12-4-6-13(7-5-12)19-11(2)23/h4-10H,3H2,1-2H3,(H,19,23)/b14-8-,20-16?. The summed E-state index contributed by atoms with van der Waals surface area (Å²) in [5.74, 6) is -0.216. The number of hydrogen-bond acceptors (Lipinski definition) is 6. The van der Waals surface area contributed by atoms with Crippen molar-refractivity contribution in [2.45, 2.75) is 13.8 Å². The monoisotopic (exact) mass is 356 g/mol. The lowest BCUT2D eigenvalue weighted by Crippen LogP contribution is -2.29. The first-order valence-electron chi connectivity index (χ1n) is 7.59. The normalized spacial score (nSPS) is 17.5. The van der Waals surface area contributed by atoms with Crippen LogP contribution in [-0.2, 0) is 9.59 Å². The van der Waals surface area contributed by atoms with E-state index in [1.807, 2.05) is 25.1 Å². The van der Waals surface area contributed by atoms with E-state index in [4.69, 9.17) is 0 Å². The van der Waals surface area contributed by atoms with Crippen molar-refractivity contribution in [3.63, 3.8) is 0 Å². The number of anilines is 1. The number of nitrogens with one attached hydrogen (secondary N) is 1. The van der Waals surface area contributed by atoms with Gasteiger partial charge in [-0.1, -0.05) is 12.1 Å². The molecule has 25 heavy (non-hydrogen) atoms. The first kappa shape index (κ1) is 16.9. The van der Waals surface area contributed by atoms with Crippen LogP contribution in [0.2, 0.25) is 0 Å². The van der Waals surface area contributed by atoms with E-state index in [0.29, 0.717) is 22.3 Å². The van der Waals surface area contributed by atoms with Crippen LogP contribution in [0.3, 0.4) is 0 Å². The molecule has 128 valence electrons. The first-order valence-corrected chi connectivity index (χ1v) is 8.41. The van der Waals surface area contributed by atoms with Gasteiger partial charge in [0, 0.05) is 19.2 Å². The maximum absolute atomic E-state index is 12.6. The number of benzene rings is 1. The van der Waals surface area contributed by atoms with E-state index in [1.54, 1.807) is 17.0 Å². The van der Waals surface area contributed by atoms with E-state index >= 15 is 0 Å². The third kappa shape index (κ3) is 3.94. The maximum Gasteiger partial charge on any atom is 0.266 e. The minimum atomic E-state index is -0.124. The van der Waals surface area contributed by atoms with Gasteiger partial charge in [0.1, 0.15) is 12.7 Å². The Hall–Kier alpha value is -2.94. The molecular weight excluding hydrogens is 340 g/mol. The number of amidine groups is 1. The molecule has 1 fully saturated rings. The average Bonchev–Trinajstić information content (AvgIpc) is 3.18. The summed E-state index contributed by atoms with van der Waals surface area (Å²) in [6, 6.07) is 7.28. The molecule has 9 heteroatoms. The lowest BCUT2D eigenvalue weighted by atomic mass is 10.2. The number of rotatable bonds is 4. The van der Waals surface area contributed by atoms with Gasteiger partial charge in [0.05, 0.1) is 4.91 Å². The highest BCUT2D eigenvalue weighted by Crippen LogP contribution is 2.32. The lowest BCUT2D eigenvalue weighted by molar-refractivity contribution is -0.122. The summed E-state index contributed by atoms with van der Waals surface area (Å²) in [6.45, 7) is 3.87. The molecule has 0 saturated carbocycles. The Morgan fingerprint density at radius 1 is 1.28 bits per heavy atom. The van der Waals surface area contributed by atoms with Gasteiger partial charge in [-0.25, -0.2) is 4.68 Å². The van der Waals surface area contributed by atoms with Gasteiger partial charge >= 0.3 is 0 Å². The third-order valence-electron chi connectivity index (χ3n) is 3.34. The lowest BCUT2D eigenvalue weighted by Gasteiger charge is -2.11. The molecule has 1 aliphatic heterocycles. The number of amides is 2. The zero-order valence-electron chi connectivity index (χ0n) is 13.7. The van der Waals surface area contributed by atoms with Crippen LogP contribution in [0.4, 0.5) is 5.69 Å². The van der Waals surface area contributed by atoms with Crippen LogP contribution in [0.1, 0.15) is 19.4 Å². The van der Waals surface area contributed by atoms with Crippen LogP contribution in [0.5, 0.6) is 0 Å². The Morgan fingerprint density at radius 3 is 2.56 bits per heavy atom. The molecule has 0 unspecified atom stereocenters. The summed E-state index contributed by atoms with van der Waals surface area (Å²) < 4.78 is 1.46. The van der Waals surface area contributed by atoms with Crippen LogP contribution < -0.4 is 5.32 Å². The van der Waals surface area contributed by atoms with Gasteiger partial charge < -0.3 is 5.32 Å². The van der Waals surface area contributed by atoms with Crippen molar-refractivity contribution in [1.82, 2.24) is 19.8 Å². The van der Waals surface area contributed by atoms with Crippen molar-refractivity contribution in [2.24, 2.45) is 5.10 Å². The Balaban J connectivity index is 1.83. The van der Waals surface area contributed by atoms with E-state index in [-0.39, 0.29) is 11.8 Å². The predicted molar refractivity (Wildman–Crippen MR) is 96.6 cm³/mol. The molecule has 0 bridgehead atoms. The van der Waals surface area contributed by atoms with Crippen LogP contribution in [0, 0.1) is 0 Å². The summed E-state index contributed by atoms with van der Waals surface area (Å²) in [7, 11) is 0. The number of carbonyl (C=O) groups excluding carboxylic acids is 2. The van der Waals surface area contributed by atoms with Crippen LogP contribution >= 0.6 is 11.8 Å². The topological polar surface area (TPSA) is 92.5 Å². The highest BCUT2D eigenvalue weighted by Gasteiger charge is 2.32. The fraction of sp³-hybridized carbons (Fsp3) is 0.188. The smallest absolute Gasteiger partial charge is 0.266 e. The van der Waals surface area contributed by atoms with Crippen molar-refractivity contribution in [3.05, 3.63) is 47.4 Å². The van der Waals surface area contributed by atoms with Crippen molar-refractivity contribution >= 4 is 40.5 Å². The van der Waals surface area contributed by atoms with Gasteiger partial charge in [-0.2, -0.15) is 0 Å². The molecule has 1 saturated heterocycles. The van der Waals surface area contributed by atoms with Gasteiger partial charge in [0.15, 0.2) is 5.17 Å². The molecule has 3 rings (SSSR count). The Labute approximate surface area is 148 Å².